The summed E-state index contributed by atoms with van der Waals surface area (Å²) in [5, 5.41) is 3.04. The van der Waals surface area contributed by atoms with Gasteiger partial charge >= 0.3 is 6.18 Å². The Morgan fingerprint density at radius 2 is 1.73 bits per heavy atom. The van der Waals surface area contributed by atoms with Crippen LogP contribution in [0.3, 0.4) is 0 Å². The quantitative estimate of drug-likeness (QED) is 0.212. The second-order valence-corrected chi connectivity index (χ2v) is 11.9. The maximum absolute atomic E-state index is 14.8. The summed E-state index contributed by atoms with van der Waals surface area (Å²) in [6.07, 6.45) is -3.62. The summed E-state index contributed by atoms with van der Waals surface area (Å²) < 4.78 is 80.0. The smallest absolute Gasteiger partial charge is 0.418 e. The van der Waals surface area contributed by atoms with Gasteiger partial charge in [0.25, 0.3) is 0 Å². The van der Waals surface area contributed by atoms with Crippen molar-refractivity contribution in [3.63, 3.8) is 0 Å². The Labute approximate surface area is 231 Å². The fraction of sp³-hybridized carbons (Fsp3) is 0.345. The van der Waals surface area contributed by atoms with Crippen molar-refractivity contribution in [3.8, 4) is 17.1 Å². The average molecular weight is 576 g/mol. The Hall–Kier alpha value is -3.57. The minimum Gasteiger partial charge on any atom is -0.494 e. The van der Waals surface area contributed by atoms with Crippen LogP contribution in [-0.4, -0.2) is 45.5 Å². The largest absolute Gasteiger partial charge is 0.494 e. The summed E-state index contributed by atoms with van der Waals surface area (Å²) in [7, 11) is -0.841. The van der Waals surface area contributed by atoms with Gasteiger partial charge in [0.1, 0.15) is 22.6 Å². The van der Waals surface area contributed by atoms with Crippen LogP contribution in [0.5, 0.6) is 5.75 Å². The molecule has 2 N–H and O–H groups in total. The van der Waals surface area contributed by atoms with Gasteiger partial charge in [0.2, 0.25) is 0 Å². The van der Waals surface area contributed by atoms with E-state index in [1.165, 1.54) is 32.4 Å². The molecule has 1 heterocycles. The number of aromatic amines is 1. The van der Waals surface area contributed by atoms with Crippen molar-refractivity contribution in [1.82, 2.24) is 9.97 Å². The van der Waals surface area contributed by atoms with Gasteiger partial charge < -0.3 is 19.8 Å². The molecule has 4 rings (SSSR count). The monoisotopic (exact) mass is 575 g/mol. The lowest BCUT2D eigenvalue weighted by Crippen LogP contribution is -2.20. The van der Waals surface area contributed by atoms with Gasteiger partial charge in [-0.3, -0.25) is 0 Å². The van der Waals surface area contributed by atoms with Crippen molar-refractivity contribution in [2.75, 3.05) is 32.4 Å². The molecule has 1 atom stereocenters. The molecule has 0 saturated heterocycles. The number of anilines is 1. The van der Waals surface area contributed by atoms with E-state index in [0.29, 0.717) is 11.5 Å². The normalized spacial score (nSPS) is 13.1. The van der Waals surface area contributed by atoms with Crippen LogP contribution in [0.4, 0.5) is 18.9 Å². The van der Waals surface area contributed by atoms with Crippen LogP contribution in [0.1, 0.15) is 48.9 Å². The lowest BCUT2D eigenvalue weighted by molar-refractivity contribution is -0.137. The van der Waals surface area contributed by atoms with E-state index in [-0.39, 0.29) is 51.8 Å². The topological polar surface area (TPSA) is 93.3 Å². The molecule has 1 aromatic heterocycles. The van der Waals surface area contributed by atoms with Crippen LogP contribution in [0.15, 0.2) is 59.5 Å². The number of halogens is 3. The first-order valence-electron chi connectivity index (χ1n) is 12.7. The fourth-order valence-corrected chi connectivity index (χ4v) is 5.54. The van der Waals surface area contributed by atoms with Crippen LogP contribution in [0.2, 0.25) is 0 Å². The maximum Gasteiger partial charge on any atom is 0.418 e. The van der Waals surface area contributed by atoms with E-state index in [1.54, 1.807) is 12.1 Å². The van der Waals surface area contributed by atoms with Gasteiger partial charge in [-0.15, -0.1) is 0 Å². The third-order valence-corrected chi connectivity index (χ3v) is 7.87. The number of H-pyrrole nitrogens is 1. The van der Waals surface area contributed by atoms with Crippen molar-refractivity contribution >= 4 is 26.6 Å². The standard InChI is InChI=1S/C29H32F3N3O4S/c1-17(2)18-10-12-19(13-11-18)28-34-26-23(39-4)16-20(25(27(26)35-28)29(30,31)32)21(14-15-38-3)33-22-8-6-7-9-24(22)40(5,36)37/h6-13,16-17,21,33H,14-15H2,1-5H3,(H,34,35). The third kappa shape index (κ3) is 6.10. The number of benzene rings is 3. The third-order valence-electron chi connectivity index (χ3n) is 6.72. The Morgan fingerprint density at radius 3 is 2.30 bits per heavy atom. The van der Waals surface area contributed by atoms with Crippen LogP contribution in [0, 0.1) is 0 Å². The molecule has 7 nitrogen and oxygen atoms in total. The van der Waals surface area contributed by atoms with Gasteiger partial charge in [0, 0.05) is 25.5 Å². The van der Waals surface area contributed by atoms with Gasteiger partial charge in [0.05, 0.1) is 29.3 Å². The number of nitrogens with one attached hydrogen (secondary N) is 2. The second kappa shape index (κ2) is 11.5. The number of rotatable bonds is 10. The summed E-state index contributed by atoms with van der Waals surface area (Å²) in [6, 6.07) is 13.9. The van der Waals surface area contributed by atoms with E-state index >= 15 is 0 Å². The highest BCUT2D eigenvalue weighted by Gasteiger charge is 2.40. The zero-order valence-electron chi connectivity index (χ0n) is 22.9. The summed E-state index contributed by atoms with van der Waals surface area (Å²) >= 11 is 0. The molecule has 1 unspecified atom stereocenters. The summed E-state index contributed by atoms with van der Waals surface area (Å²) in [4.78, 5) is 7.41. The fourth-order valence-electron chi connectivity index (χ4n) is 4.69. The predicted molar refractivity (Wildman–Crippen MR) is 150 cm³/mol. The van der Waals surface area contributed by atoms with E-state index in [4.69, 9.17) is 9.47 Å². The molecule has 214 valence electrons. The lowest BCUT2D eigenvalue weighted by Gasteiger charge is -2.25. The predicted octanol–water partition coefficient (Wildman–Crippen LogP) is 6.97. The Balaban J connectivity index is 1.93. The molecule has 4 aromatic rings. The number of para-hydroxylation sites is 1. The molecular weight excluding hydrogens is 543 g/mol. The van der Waals surface area contributed by atoms with Gasteiger partial charge in [-0.1, -0.05) is 50.2 Å². The van der Waals surface area contributed by atoms with Crippen LogP contribution < -0.4 is 10.1 Å². The highest BCUT2D eigenvalue weighted by atomic mass is 32.2. The minimum absolute atomic E-state index is 0.0223. The van der Waals surface area contributed by atoms with Crippen molar-refractivity contribution in [2.45, 2.75) is 43.3 Å². The Kier molecular flexibility index (Phi) is 8.46. The van der Waals surface area contributed by atoms with Gasteiger partial charge in [-0.25, -0.2) is 13.4 Å². The number of sulfone groups is 1. The molecule has 0 aliphatic rings. The SMILES string of the molecule is COCCC(Nc1ccccc1S(C)(=O)=O)c1cc(OC)c2[nH]c(-c3ccc(C(C)C)cc3)nc2c1C(F)(F)F. The summed E-state index contributed by atoms with van der Waals surface area (Å²) in [5.41, 5.74) is 0.672. The van der Waals surface area contributed by atoms with Crippen molar-refractivity contribution in [2.24, 2.45) is 0 Å². The van der Waals surface area contributed by atoms with E-state index in [1.807, 2.05) is 24.3 Å². The highest BCUT2D eigenvalue weighted by molar-refractivity contribution is 7.90. The summed E-state index contributed by atoms with van der Waals surface area (Å²) in [6.45, 7) is 4.23. The number of nitrogens with zero attached hydrogens (tertiary/aromatic N) is 1. The number of hydrogen-bond donors (Lipinski definition) is 2. The van der Waals surface area contributed by atoms with E-state index < -0.39 is 27.6 Å². The second-order valence-electron chi connectivity index (χ2n) is 9.87. The van der Waals surface area contributed by atoms with Crippen molar-refractivity contribution in [3.05, 3.63) is 71.3 Å². The number of alkyl halides is 3. The number of ether oxygens (including phenoxy) is 2. The molecule has 0 radical (unpaired) electrons. The average Bonchev–Trinajstić information content (AvgIpc) is 3.34. The first-order valence-corrected chi connectivity index (χ1v) is 14.6. The number of fused-ring (bicyclic) bond motifs is 1. The number of hydrogen-bond acceptors (Lipinski definition) is 6. The van der Waals surface area contributed by atoms with Crippen LogP contribution in [-0.2, 0) is 20.8 Å². The van der Waals surface area contributed by atoms with Gasteiger partial charge in [-0.05, 0) is 41.7 Å². The summed E-state index contributed by atoms with van der Waals surface area (Å²) in [5.74, 6) is 0.750. The molecule has 0 spiro atoms. The van der Waals surface area contributed by atoms with E-state index in [9.17, 15) is 21.6 Å². The van der Waals surface area contributed by atoms with E-state index in [2.05, 4.69) is 29.1 Å². The molecule has 3 aromatic carbocycles. The first kappa shape index (κ1) is 29.4. The highest BCUT2D eigenvalue weighted by Crippen LogP contribution is 2.44. The van der Waals surface area contributed by atoms with Gasteiger partial charge in [0.15, 0.2) is 9.84 Å². The van der Waals surface area contributed by atoms with Crippen LogP contribution in [0.25, 0.3) is 22.4 Å². The number of imidazole rings is 1. The Bertz CT molecular complexity index is 1600. The zero-order chi connectivity index (χ0) is 29.2. The lowest BCUT2D eigenvalue weighted by atomic mass is 9.95. The van der Waals surface area contributed by atoms with Crippen molar-refractivity contribution < 1.29 is 31.1 Å². The van der Waals surface area contributed by atoms with Crippen molar-refractivity contribution in [1.29, 1.82) is 0 Å². The molecule has 40 heavy (non-hydrogen) atoms. The minimum atomic E-state index is -4.78. The molecule has 0 aliphatic heterocycles. The Morgan fingerprint density at radius 1 is 1.05 bits per heavy atom. The molecule has 0 amide bonds. The molecule has 0 saturated carbocycles. The number of aromatic nitrogens is 2. The molecule has 0 aliphatic carbocycles. The molecule has 11 heteroatoms. The first-order chi connectivity index (χ1) is 18.8. The van der Waals surface area contributed by atoms with E-state index in [0.717, 1.165) is 11.8 Å². The zero-order valence-corrected chi connectivity index (χ0v) is 23.7. The number of methoxy groups -OCH3 is 2. The maximum atomic E-state index is 14.8. The van der Waals surface area contributed by atoms with Crippen LogP contribution >= 0.6 is 0 Å². The molecule has 0 bridgehead atoms. The molecular formula is C29H32F3N3O4S. The van der Waals surface area contributed by atoms with Gasteiger partial charge in [-0.2, -0.15) is 13.2 Å². The molecule has 0 fully saturated rings.